The number of hydrogen-bond donors (Lipinski definition) is 2. The van der Waals surface area contributed by atoms with E-state index in [0.29, 0.717) is 22.7 Å². The van der Waals surface area contributed by atoms with Crippen LogP contribution in [-0.4, -0.2) is 39.7 Å². The van der Waals surface area contributed by atoms with Gasteiger partial charge in [0.2, 0.25) is 0 Å². The molecule has 8 heteroatoms. The van der Waals surface area contributed by atoms with Crippen molar-refractivity contribution in [3.8, 4) is 17.0 Å². The number of carbonyl (C=O) groups is 2. The van der Waals surface area contributed by atoms with Gasteiger partial charge in [0, 0.05) is 12.6 Å². The van der Waals surface area contributed by atoms with E-state index in [0.717, 1.165) is 0 Å². The van der Waals surface area contributed by atoms with E-state index < -0.39 is 17.7 Å². The third-order valence-corrected chi connectivity index (χ3v) is 3.23. The summed E-state index contributed by atoms with van der Waals surface area (Å²) >= 11 is 0. The SMILES string of the molecule is COc1cc(-c2cc(C(=O)O)nn2C)ccc1NC(=O)OC(C)(C)C. The molecule has 0 unspecified atom stereocenters. The lowest BCUT2D eigenvalue weighted by Gasteiger charge is -2.20. The first-order valence-corrected chi connectivity index (χ1v) is 7.56. The van der Waals surface area contributed by atoms with Crippen LogP contribution in [0.3, 0.4) is 0 Å². The Morgan fingerprint density at radius 1 is 1.24 bits per heavy atom. The predicted octanol–water partition coefficient (Wildman–Crippen LogP) is 3.14. The van der Waals surface area contributed by atoms with Gasteiger partial charge in [-0.15, -0.1) is 0 Å². The molecule has 0 fully saturated rings. The smallest absolute Gasteiger partial charge is 0.412 e. The average Bonchev–Trinajstić information content (AvgIpc) is 2.88. The van der Waals surface area contributed by atoms with E-state index in [2.05, 4.69) is 10.4 Å². The maximum absolute atomic E-state index is 11.9. The molecule has 0 aliphatic rings. The van der Waals surface area contributed by atoms with Crippen LogP contribution in [0.25, 0.3) is 11.3 Å². The fourth-order valence-corrected chi connectivity index (χ4v) is 2.21. The molecule has 8 nitrogen and oxygen atoms in total. The standard InChI is InChI=1S/C17H21N3O5/c1-17(2,3)25-16(23)18-11-7-6-10(8-14(11)24-5)13-9-12(15(21)22)19-20(13)4/h6-9H,1-5H3,(H,18,23)(H,21,22). The second kappa shape index (κ2) is 6.84. The maximum atomic E-state index is 11.9. The molecular formula is C17H21N3O5. The summed E-state index contributed by atoms with van der Waals surface area (Å²) in [6.07, 6.45) is -0.591. The largest absolute Gasteiger partial charge is 0.495 e. The van der Waals surface area contributed by atoms with Crippen LogP contribution in [-0.2, 0) is 11.8 Å². The Hall–Kier alpha value is -3.03. The molecule has 0 spiro atoms. The van der Waals surface area contributed by atoms with Gasteiger partial charge in [0.25, 0.3) is 0 Å². The summed E-state index contributed by atoms with van der Waals surface area (Å²) in [4.78, 5) is 23.0. The van der Waals surface area contributed by atoms with Crippen LogP contribution in [0.2, 0.25) is 0 Å². The van der Waals surface area contributed by atoms with Crippen molar-refractivity contribution in [3.63, 3.8) is 0 Å². The third kappa shape index (κ3) is 4.50. The van der Waals surface area contributed by atoms with Gasteiger partial charge in [-0.2, -0.15) is 5.10 Å². The molecule has 0 saturated carbocycles. The van der Waals surface area contributed by atoms with Crippen molar-refractivity contribution >= 4 is 17.7 Å². The Labute approximate surface area is 145 Å². The number of aromatic carboxylic acids is 1. The molecular weight excluding hydrogens is 326 g/mol. The number of amides is 1. The molecule has 134 valence electrons. The fourth-order valence-electron chi connectivity index (χ4n) is 2.21. The summed E-state index contributed by atoms with van der Waals surface area (Å²) in [6, 6.07) is 6.55. The molecule has 0 aliphatic heterocycles. The lowest BCUT2D eigenvalue weighted by Crippen LogP contribution is -2.27. The van der Waals surface area contributed by atoms with Gasteiger partial charge in [0.15, 0.2) is 5.69 Å². The van der Waals surface area contributed by atoms with Crippen LogP contribution >= 0.6 is 0 Å². The molecule has 25 heavy (non-hydrogen) atoms. The number of carbonyl (C=O) groups excluding carboxylic acids is 1. The zero-order chi connectivity index (χ0) is 18.8. The molecule has 1 amide bonds. The summed E-state index contributed by atoms with van der Waals surface area (Å²) in [7, 11) is 3.13. The van der Waals surface area contributed by atoms with Crippen molar-refractivity contribution in [1.29, 1.82) is 0 Å². The zero-order valence-electron chi connectivity index (χ0n) is 14.8. The number of ether oxygens (including phenoxy) is 2. The topological polar surface area (TPSA) is 103 Å². The number of anilines is 1. The Balaban J connectivity index is 2.30. The normalized spacial score (nSPS) is 11.1. The van der Waals surface area contributed by atoms with E-state index in [-0.39, 0.29) is 5.69 Å². The number of benzene rings is 1. The molecule has 2 N–H and O–H groups in total. The van der Waals surface area contributed by atoms with Gasteiger partial charge in [-0.1, -0.05) is 6.07 Å². The molecule has 0 atom stereocenters. The summed E-state index contributed by atoms with van der Waals surface area (Å²) < 4.78 is 12.0. The van der Waals surface area contributed by atoms with Crippen LogP contribution < -0.4 is 10.1 Å². The molecule has 1 heterocycles. The second-order valence-electron chi connectivity index (χ2n) is 6.39. The monoisotopic (exact) mass is 347 g/mol. The van der Waals surface area contributed by atoms with Crippen LogP contribution in [0, 0.1) is 0 Å². The van der Waals surface area contributed by atoms with Crippen LogP contribution in [0.1, 0.15) is 31.3 Å². The summed E-state index contributed by atoms with van der Waals surface area (Å²) in [5.41, 5.74) is 1.10. The summed E-state index contributed by atoms with van der Waals surface area (Å²) in [6.45, 7) is 5.32. The van der Waals surface area contributed by atoms with E-state index in [4.69, 9.17) is 14.6 Å². The zero-order valence-corrected chi connectivity index (χ0v) is 14.8. The first-order chi connectivity index (χ1) is 11.6. The number of aryl methyl sites for hydroxylation is 1. The van der Waals surface area contributed by atoms with Gasteiger partial charge in [-0.05, 0) is 39.0 Å². The van der Waals surface area contributed by atoms with Gasteiger partial charge in [-0.25, -0.2) is 9.59 Å². The van der Waals surface area contributed by atoms with E-state index in [1.54, 1.807) is 46.0 Å². The lowest BCUT2D eigenvalue weighted by atomic mass is 10.1. The molecule has 1 aromatic carbocycles. The Kier molecular flexibility index (Phi) is 5.01. The van der Waals surface area contributed by atoms with Crippen LogP contribution in [0.5, 0.6) is 5.75 Å². The first-order valence-electron chi connectivity index (χ1n) is 7.56. The maximum Gasteiger partial charge on any atom is 0.412 e. The minimum absolute atomic E-state index is 0.0487. The minimum atomic E-state index is -1.10. The predicted molar refractivity (Wildman–Crippen MR) is 92.0 cm³/mol. The van der Waals surface area contributed by atoms with Crippen LogP contribution in [0.15, 0.2) is 24.3 Å². The van der Waals surface area contributed by atoms with Crippen LogP contribution in [0.4, 0.5) is 10.5 Å². The molecule has 0 saturated heterocycles. The quantitative estimate of drug-likeness (QED) is 0.881. The van der Waals surface area contributed by atoms with Gasteiger partial charge >= 0.3 is 12.1 Å². The molecule has 1 aromatic heterocycles. The molecule has 0 bridgehead atoms. The van der Waals surface area contributed by atoms with E-state index in [1.165, 1.54) is 17.9 Å². The molecule has 2 aromatic rings. The number of nitrogens with zero attached hydrogens (tertiary/aromatic N) is 2. The Morgan fingerprint density at radius 2 is 1.92 bits per heavy atom. The highest BCUT2D eigenvalue weighted by Crippen LogP contribution is 2.31. The van der Waals surface area contributed by atoms with Crippen molar-refractivity contribution in [2.75, 3.05) is 12.4 Å². The number of rotatable bonds is 4. The van der Waals surface area contributed by atoms with Gasteiger partial charge in [-0.3, -0.25) is 10.00 Å². The molecule has 0 radical (unpaired) electrons. The first kappa shape index (κ1) is 18.3. The number of aromatic nitrogens is 2. The third-order valence-electron chi connectivity index (χ3n) is 3.23. The molecule has 2 rings (SSSR count). The van der Waals surface area contributed by atoms with Crippen molar-refractivity contribution in [2.24, 2.45) is 7.05 Å². The highest BCUT2D eigenvalue weighted by Gasteiger charge is 2.19. The number of hydrogen-bond acceptors (Lipinski definition) is 5. The number of nitrogens with one attached hydrogen (secondary N) is 1. The van der Waals surface area contributed by atoms with E-state index >= 15 is 0 Å². The van der Waals surface area contributed by atoms with Crippen molar-refractivity contribution in [2.45, 2.75) is 26.4 Å². The van der Waals surface area contributed by atoms with Gasteiger partial charge in [0.05, 0.1) is 18.5 Å². The minimum Gasteiger partial charge on any atom is -0.495 e. The lowest BCUT2D eigenvalue weighted by molar-refractivity contribution is 0.0633. The number of methoxy groups -OCH3 is 1. The molecule has 0 aliphatic carbocycles. The highest BCUT2D eigenvalue weighted by molar-refractivity contribution is 5.89. The summed E-state index contributed by atoms with van der Waals surface area (Å²) in [5.74, 6) is -0.682. The van der Waals surface area contributed by atoms with Crippen molar-refractivity contribution in [3.05, 3.63) is 30.0 Å². The Bertz CT molecular complexity index is 805. The number of carboxylic acid groups (broad SMARTS) is 1. The van der Waals surface area contributed by atoms with E-state index in [1.807, 2.05) is 0 Å². The van der Waals surface area contributed by atoms with Gasteiger partial charge in [0.1, 0.15) is 11.4 Å². The van der Waals surface area contributed by atoms with Gasteiger partial charge < -0.3 is 14.6 Å². The van der Waals surface area contributed by atoms with Crippen molar-refractivity contribution < 1.29 is 24.2 Å². The Morgan fingerprint density at radius 3 is 2.44 bits per heavy atom. The number of carboxylic acids is 1. The second-order valence-corrected chi connectivity index (χ2v) is 6.39. The van der Waals surface area contributed by atoms with Crippen molar-refractivity contribution in [1.82, 2.24) is 9.78 Å². The summed E-state index contributed by atoms with van der Waals surface area (Å²) in [5, 5.41) is 15.6. The average molecular weight is 347 g/mol. The fraction of sp³-hybridized carbons (Fsp3) is 0.353. The highest BCUT2D eigenvalue weighted by atomic mass is 16.6. The van der Waals surface area contributed by atoms with E-state index in [9.17, 15) is 9.59 Å².